The monoisotopic (exact) mass is 416 g/mol. The number of hydrogen-bond acceptors (Lipinski definition) is 3. The second-order valence-electron chi connectivity index (χ2n) is 7.28. The molecular formula is C26H25O3P. The Bertz CT molecular complexity index is 1080. The minimum absolute atomic E-state index is 0.268. The molecule has 0 saturated heterocycles. The molecule has 4 rings (SSSR count). The van der Waals surface area contributed by atoms with E-state index in [0.29, 0.717) is 12.6 Å². The molecular weight excluding hydrogens is 391 g/mol. The standard InChI is InChI=1S/C26H25O3P/c27-30(28-20-23-9-3-1-4-10-23,29-21-24-11-5-2-6-12-24)18-17-22-15-16-25-13-7-8-14-26(25)19-22/h1-16,19H,17-18,20-21H2. The van der Waals surface area contributed by atoms with E-state index in [1.165, 1.54) is 10.8 Å². The zero-order valence-electron chi connectivity index (χ0n) is 16.8. The van der Waals surface area contributed by atoms with Gasteiger partial charge in [-0.05, 0) is 33.9 Å². The van der Waals surface area contributed by atoms with Crippen molar-refractivity contribution in [3.8, 4) is 0 Å². The minimum atomic E-state index is -3.28. The molecule has 0 amide bonds. The maximum Gasteiger partial charge on any atom is 0.331 e. The molecule has 0 unspecified atom stereocenters. The minimum Gasteiger partial charge on any atom is -0.304 e. The zero-order chi connectivity index (χ0) is 20.7. The van der Waals surface area contributed by atoms with Gasteiger partial charge < -0.3 is 9.05 Å². The third kappa shape index (κ3) is 5.67. The van der Waals surface area contributed by atoms with E-state index in [9.17, 15) is 4.57 Å². The van der Waals surface area contributed by atoms with Crippen molar-refractivity contribution in [2.45, 2.75) is 19.6 Å². The molecule has 4 aromatic rings. The van der Waals surface area contributed by atoms with Crippen molar-refractivity contribution in [1.82, 2.24) is 0 Å². The quantitative estimate of drug-likeness (QED) is 0.275. The summed E-state index contributed by atoms with van der Waals surface area (Å²) in [6, 6.07) is 34.1. The van der Waals surface area contributed by atoms with Crippen molar-refractivity contribution in [3.05, 3.63) is 120 Å². The Kier molecular flexibility index (Phi) is 6.76. The third-order valence-corrected chi connectivity index (χ3v) is 6.85. The van der Waals surface area contributed by atoms with E-state index in [-0.39, 0.29) is 13.2 Å². The van der Waals surface area contributed by atoms with Crippen molar-refractivity contribution in [1.29, 1.82) is 0 Å². The van der Waals surface area contributed by atoms with E-state index in [1.54, 1.807) is 0 Å². The molecule has 3 nitrogen and oxygen atoms in total. The molecule has 0 spiro atoms. The Balaban J connectivity index is 1.46. The van der Waals surface area contributed by atoms with E-state index in [2.05, 4.69) is 30.3 Å². The van der Waals surface area contributed by atoms with Crippen molar-refractivity contribution < 1.29 is 13.6 Å². The topological polar surface area (TPSA) is 35.5 Å². The summed E-state index contributed by atoms with van der Waals surface area (Å²) in [6.07, 6.45) is 0.969. The highest BCUT2D eigenvalue weighted by Crippen LogP contribution is 2.50. The molecule has 0 aliphatic heterocycles. The smallest absolute Gasteiger partial charge is 0.304 e. The molecule has 0 heterocycles. The average molecular weight is 416 g/mol. The van der Waals surface area contributed by atoms with E-state index >= 15 is 0 Å². The molecule has 4 heteroatoms. The number of fused-ring (bicyclic) bond motifs is 1. The third-order valence-electron chi connectivity index (χ3n) is 5.03. The summed E-state index contributed by atoms with van der Waals surface area (Å²) in [5.41, 5.74) is 3.08. The summed E-state index contributed by atoms with van der Waals surface area (Å²) in [6.45, 7) is 0.537. The van der Waals surface area contributed by atoms with Gasteiger partial charge in [0.1, 0.15) is 0 Å². The number of hydrogen-bond donors (Lipinski definition) is 0. The van der Waals surface area contributed by atoms with Gasteiger partial charge in [-0.3, -0.25) is 4.57 Å². The lowest BCUT2D eigenvalue weighted by atomic mass is 10.1. The van der Waals surface area contributed by atoms with Crippen LogP contribution in [0.5, 0.6) is 0 Å². The Morgan fingerprint density at radius 2 is 1.10 bits per heavy atom. The van der Waals surface area contributed by atoms with Crippen LogP contribution in [-0.4, -0.2) is 6.16 Å². The molecule has 30 heavy (non-hydrogen) atoms. The highest BCUT2D eigenvalue weighted by molar-refractivity contribution is 7.53. The summed E-state index contributed by atoms with van der Waals surface area (Å²) < 4.78 is 25.3. The highest BCUT2D eigenvalue weighted by Gasteiger charge is 2.25. The first kappa shape index (κ1) is 20.6. The Labute approximate surface area is 177 Å². The van der Waals surface area contributed by atoms with Crippen LogP contribution in [0.15, 0.2) is 103 Å². The lowest BCUT2D eigenvalue weighted by Gasteiger charge is -2.19. The van der Waals surface area contributed by atoms with Gasteiger partial charge in [-0.1, -0.05) is 103 Å². The summed E-state index contributed by atoms with van der Waals surface area (Å²) in [5, 5.41) is 2.38. The molecule has 0 bridgehead atoms. The summed E-state index contributed by atoms with van der Waals surface area (Å²) in [5.74, 6) is 0. The molecule has 0 N–H and O–H groups in total. The Morgan fingerprint density at radius 3 is 1.70 bits per heavy atom. The van der Waals surface area contributed by atoms with Gasteiger partial charge in [-0.15, -0.1) is 0 Å². The van der Waals surface area contributed by atoms with Gasteiger partial charge in [0.25, 0.3) is 0 Å². The lowest BCUT2D eigenvalue weighted by molar-refractivity contribution is 0.191. The average Bonchev–Trinajstić information content (AvgIpc) is 2.82. The van der Waals surface area contributed by atoms with Crippen molar-refractivity contribution in [2.24, 2.45) is 0 Å². The lowest BCUT2D eigenvalue weighted by Crippen LogP contribution is -2.04. The molecule has 0 radical (unpaired) electrons. The summed E-state index contributed by atoms with van der Waals surface area (Å²) in [7, 11) is -3.28. The number of rotatable bonds is 9. The Morgan fingerprint density at radius 1 is 0.567 bits per heavy atom. The van der Waals surface area contributed by atoms with Crippen LogP contribution in [0.3, 0.4) is 0 Å². The van der Waals surface area contributed by atoms with Crippen molar-refractivity contribution in [3.63, 3.8) is 0 Å². The fraction of sp³-hybridized carbons (Fsp3) is 0.154. The van der Waals surface area contributed by atoms with Crippen LogP contribution in [-0.2, 0) is 33.2 Å². The van der Waals surface area contributed by atoms with Gasteiger partial charge in [0, 0.05) is 0 Å². The van der Waals surface area contributed by atoms with Gasteiger partial charge in [0.15, 0.2) is 0 Å². The maximum absolute atomic E-state index is 13.6. The van der Waals surface area contributed by atoms with Crippen LogP contribution >= 0.6 is 7.60 Å². The molecule has 0 fully saturated rings. The number of benzene rings is 4. The van der Waals surface area contributed by atoms with Crippen molar-refractivity contribution in [2.75, 3.05) is 6.16 Å². The van der Waals surface area contributed by atoms with Crippen molar-refractivity contribution >= 4 is 18.4 Å². The molecule has 4 aromatic carbocycles. The van der Waals surface area contributed by atoms with Gasteiger partial charge in [0.05, 0.1) is 19.4 Å². The van der Waals surface area contributed by atoms with Crippen LogP contribution in [0.2, 0.25) is 0 Å². The molecule has 0 aliphatic rings. The summed E-state index contributed by atoms with van der Waals surface area (Å²) in [4.78, 5) is 0. The van der Waals surface area contributed by atoms with Crippen LogP contribution in [0.4, 0.5) is 0 Å². The van der Waals surface area contributed by atoms with E-state index in [4.69, 9.17) is 9.05 Å². The largest absolute Gasteiger partial charge is 0.331 e. The highest BCUT2D eigenvalue weighted by atomic mass is 31.2. The van der Waals surface area contributed by atoms with Crippen LogP contribution in [0, 0.1) is 0 Å². The maximum atomic E-state index is 13.6. The fourth-order valence-electron chi connectivity index (χ4n) is 3.32. The summed E-state index contributed by atoms with van der Waals surface area (Å²) >= 11 is 0. The first-order chi connectivity index (χ1) is 14.7. The first-order valence-electron chi connectivity index (χ1n) is 10.1. The molecule has 0 saturated carbocycles. The second kappa shape index (κ2) is 9.86. The molecule has 152 valence electrons. The molecule has 0 aliphatic carbocycles. The number of aryl methyl sites for hydroxylation is 1. The first-order valence-corrected chi connectivity index (χ1v) is 11.9. The van der Waals surface area contributed by atoms with Crippen LogP contribution in [0.1, 0.15) is 16.7 Å². The molecule has 0 atom stereocenters. The fourth-order valence-corrected chi connectivity index (χ4v) is 4.88. The SMILES string of the molecule is O=P(CCc1ccc2ccccc2c1)(OCc1ccccc1)OCc1ccccc1. The van der Waals surface area contributed by atoms with E-state index in [0.717, 1.165) is 16.7 Å². The van der Waals surface area contributed by atoms with Gasteiger partial charge in [-0.2, -0.15) is 0 Å². The van der Waals surface area contributed by atoms with E-state index < -0.39 is 7.60 Å². The van der Waals surface area contributed by atoms with Crippen LogP contribution < -0.4 is 0 Å². The predicted octanol–water partition coefficient (Wildman–Crippen LogP) is 7.01. The van der Waals surface area contributed by atoms with Gasteiger partial charge in [0.2, 0.25) is 0 Å². The van der Waals surface area contributed by atoms with Crippen LogP contribution in [0.25, 0.3) is 10.8 Å². The van der Waals surface area contributed by atoms with E-state index in [1.807, 2.05) is 72.8 Å². The zero-order valence-corrected chi connectivity index (χ0v) is 17.7. The Hall–Kier alpha value is -2.71. The predicted molar refractivity (Wildman–Crippen MR) is 123 cm³/mol. The van der Waals surface area contributed by atoms with Gasteiger partial charge in [-0.25, -0.2) is 0 Å². The second-order valence-corrected chi connectivity index (χ2v) is 9.47. The van der Waals surface area contributed by atoms with Gasteiger partial charge >= 0.3 is 7.60 Å². The normalized spacial score (nSPS) is 11.6. The molecule has 0 aromatic heterocycles.